The molecule has 0 heterocycles. The van der Waals surface area contributed by atoms with E-state index in [1.807, 2.05) is 37.3 Å². The number of likely N-dealkylation sites (N-methyl/N-ethyl adjacent to an activating group) is 1. The highest BCUT2D eigenvalue weighted by atomic mass is 32.2. The van der Waals surface area contributed by atoms with E-state index in [4.69, 9.17) is 0 Å². The second-order valence-corrected chi connectivity index (χ2v) is 7.45. The summed E-state index contributed by atoms with van der Waals surface area (Å²) < 4.78 is 0. The summed E-state index contributed by atoms with van der Waals surface area (Å²) in [5, 5.41) is 13.4. The molecule has 7 nitrogen and oxygen atoms in total. The summed E-state index contributed by atoms with van der Waals surface area (Å²) in [6.07, 6.45) is 0.519. The predicted molar refractivity (Wildman–Crippen MR) is 114 cm³/mol. The Morgan fingerprint density at radius 3 is 2.31 bits per heavy atom. The van der Waals surface area contributed by atoms with Crippen LogP contribution in [0.15, 0.2) is 54.6 Å². The van der Waals surface area contributed by atoms with E-state index in [2.05, 4.69) is 5.32 Å². The molecule has 0 aliphatic carbocycles. The number of hydrogen-bond donors (Lipinski definition) is 1. The van der Waals surface area contributed by atoms with Crippen molar-refractivity contribution in [3.05, 3.63) is 75.8 Å². The van der Waals surface area contributed by atoms with Crippen molar-refractivity contribution in [2.45, 2.75) is 31.7 Å². The molecule has 0 bridgehead atoms. The van der Waals surface area contributed by atoms with Gasteiger partial charge >= 0.3 is 0 Å². The van der Waals surface area contributed by atoms with E-state index in [0.717, 1.165) is 11.1 Å². The third kappa shape index (κ3) is 6.60. The van der Waals surface area contributed by atoms with Crippen molar-refractivity contribution in [2.24, 2.45) is 0 Å². The minimum Gasteiger partial charge on any atom is -0.357 e. The fourth-order valence-electron chi connectivity index (χ4n) is 2.92. The van der Waals surface area contributed by atoms with Crippen LogP contribution < -0.4 is 5.32 Å². The average molecular weight is 416 g/mol. The van der Waals surface area contributed by atoms with Gasteiger partial charge in [-0.2, -0.15) is 0 Å². The number of rotatable bonds is 10. The van der Waals surface area contributed by atoms with Crippen LogP contribution in [0.1, 0.15) is 24.5 Å². The maximum Gasteiger partial charge on any atom is 0.269 e. The van der Waals surface area contributed by atoms with Crippen LogP contribution in [0.3, 0.4) is 0 Å². The predicted octanol–water partition coefficient (Wildman–Crippen LogP) is 3.38. The van der Waals surface area contributed by atoms with Crippen molar-refractivity contribution in [3.8, 4) is 0 Å². The van der Waals surface area contributed by atoms with Crippen LogP contribution in [0.4, 0.5) is 5.69 Å². The van der Waals surface area contributed by atoms with Crippen molar-refractivity contribution >= 4 is 29.3 Å². The average Bonchev–Trinajstić information content (AvgIpc) is 2.74. The molecular formula is C21H25N3O4S. The number of nitro benzene ring substituents is 1. The fourth-order valence-corrected chi connectivity index (χ4v) is 3.79. The first kappa shape index (κ1) is 22.4. The molecule has 154 valence electrons. The Kier molecular flexibility index (Phi) is 8.67. The number of carbonyl (C=O) groups is 2. The van der Waals surface area contributed by atoms with E-state index >= 15 is 0 Å². The first-order valence-electron chi connectivity index (χ1n) is 9.32. The van der Waals surface area contributed by atoms with Crippen LogP contribution in [0.5, 0.6) is 0 Å². The number of amides is 2. The molecule has 0 aliphatic rings. The van der Waals surface area contributed by atoms with Crippen LogP contribution in [0.2, 0.25) is 0 Å². The highest BCUT2D eigenvalue weighted by molar-refractivity contribution is 7.99. The largest absolute Gasteiger partial charge is 0.357 e. The zero-order valence-electron chi connectivity index (χ0n) is 16.5. The summed E-state index contributed by atoms with van der Waals surface area (Å²) in [7, 11) is 1.57. The molecule has 0 fully saturated rings. The lowest BCUT2D eigenvalue weighted by Gasteiger charge is -2.30. The van der Waals surface area contributed by atoms with E-state index in [-0.39, 0.29) is 23.3 Å². The van der Waals surface area contributed by atoms with Crippen LogP contribution >= 0.6 is 11.8 Å². The fraction of sp³-hybridized carbons (Fsp3) is 0.333. The Morgan fingerprint density at radius 2 is 1.76 bits per heavy atom. The van der Waals surface area contributed by atoms with Gasteiger partial charge < -0.3 is 10.2 Å². The molecular weight excluding hydrogens is 390 g/mol. The standard InChI is InChI=1S/C21H25N3O4S/c1-3-19(21(26)22-2)23(13-16-7-5-4-6-8-16)20(25)15-29-14-17-9-11-18(12-10-17)24(27)28/h4-12,19H,3,13-15H2,1-2H3,(H,22,26). The monoisotopic (exact) mass is 415 g/mol. The molecule has 1 N–H and O–H groups in total. The van der Waals surface area contributed by atoms with Gasteiger partial charge in [0.2, 0.25) is 11.8 Å². The molecule has 8 heteroatoms. The van der Waals surface area contributed by atoms with Crippen LogP contribution in [0.25, 0.3) is 0 Å². The van der Waals surface area contributed by atoms with Gasteiger partial charge in [-0.1, -0.05) is 49.4 Å². The Labute approximate surface area is 174 Å². The van der Waals surface area contributed by atoms with Crippen molar-refractivity contribution in [1.29, 1.82) is 0 Å². The summed E-state index contributed by atoms with van der Waals surface area (Å²) in [5.74, 6) is 0.477. The Morgan fingerprint density at radius 1 is 1.10 bits per heavy atom. The second-order valence-electron chi connectivity index (χ2n) is 6.46. The topological polar surface area (TPSA) is 92.6 Å². The van der Waals surface area contributed by atoms with Crippen LogP contribution in [0, 0.1) is 10.1 Å². The summed E-state index contributed by atoms with van der Waals surface area (Å²) in [6.45, 7) is 2.25. The van der Waals surface area contributed by atoms with Gasteiger partial charge in [-0.15, -0.1) is 11.8 Å². The molecule has 29 heavy (non-hydrogen) atoms. The third-order valence-electron chi connectivity index (χ3n) is 4.47. The Balaban J connectivity index is 2.03. The van der Waals surface area contributed by atoms with Gasteiger partial charge in [-0.3, -0.25) is 19.7 Å². The minimum atomic E-state index is -0.535. The first-order valence-corrected chi connectivity index (χ1v) is 10.5. The van der Waals surface area contributed by atoms with Gasteiger partial charge in [-0.05, 0) is 17.5 Å². The van der Waals surface area contributed by atoms with Gasteiger partial charge in [0.25, 0.3) is 5.69 Å². The third-order valence-corrected chi connectivity index (χ3v) is 5.46. The molecule has 2 rings (SSSR count). The highest BCUT2D eigenvalue weighted by Gasteiger charge is 2.27. The highest BCUT2D eigenvalue weighted by Crippen LogP contribution is 2.19. The summed E-state index contributed by atoms with van der Waals surface area (Å²) in [4.78, 5) is 37.1. The molecule has 0 radical (unpaired) electrons. The number of benzene rings is 2. The van der Waals surface area contributed by atoms with Crippen molar-refractivity contribution in [2.75, 3.05) is 12.8 Å². The van der Waals surface area contributed by atoms with Crippen molar-refractivity contribution in [1.82, 2.24) is 10.2 Å². The lowest BCUT2D eigenvalue weighted by Crippen LogP contribution is -2.48. The SMILES string of the molecule is CCC(C(=O)NC)N(Cc1ccccc1)C(=O)CSCc1ccc([N+](=O)[O-])cc1. The number of thioether (sulfide) groups is 1. The zero-order valence-corrected chi connectivity index (χ0v) is 17.4. The van der Waals surface area contributed by atoms with Crippen molar-refractivity contribution in [3.63, 3.8) is 0 Å². The molecule has 2 amide bonds. The number of carbonyl (C=O) groups excluding carboxylic acids is 2. The quantitative estimate of drug-likeness (QED) is 0.474. The first-order chi connectivity index (χ1) is 14.0. The van der Waals surface area contributed by atoms with Gasteiger partial charge in [0, 0.05) is 31.5 Å². The minimum absolute atomic E-state index is 0.0419. The van der Waals surface area contributed by atoms with E-state index in [0.29, 0.717) is 18.7 Å². The van der Waals surface area contributed by atoms with Gasteiger partial charge in [0.05, 0.1) is 10.7 Å². The molecule has 0 aromatic heterocycles. The summed E-state index contributed by atoms with van der Waals surface area (Å²) >= 11 is 1.42. The maximum atomic E-state index is 12.9. The van der Waals surface area contributed by atoms with Crippen LogP contribution in [-0.2, 0) is 21.9 Å². The van der Waals surface area contributed by atoms with E-state index in [1.54, 1.807) is 24.1 Å². The number of nitro groups is 1. The lowest BCUT2D eigenvalue weighted by atomic mass is 10.1. The Hall–Kier alpha value is -2.87. The number of non-ortho nitro benzene ring substituents is 1. The summed E-state index contributed by atoms with van der Waals surface area (Å²) in [6, 6.07) is 15.3. The molecule has 0 saturated heterocycles. The molecule has 0 spiro atoms. The number of nitrogens with zero attached hydrogens (tertiary/aromatic N) is 2. The van der Waals surface area contributed by atoms with Gasteiger partial charge in [-0.25, -0.2) is 0 Å². The van der Waals surface area contributed by atoms with E-state index in [9.17, 15) is 19.7 Å². The summed E-state index contributed by atoms with van der Waals surface area (Å²) in [5.41, 5.74) is 1.91. The number of hydrogen-bond acceptors (Lipinski definition) is 5. The number of nitrogens with one attached hydrogen (secondary N) is 1. The molecule has 0 aliphatic heterocycles. The van der Waals surface area contributed by atoms with Crippen LogP contribution in [-0.4, -0.2) is 40.5 Å². The van der Waals surface area contributed by atoms with Gasteiger partial charge in [0.1, 0.15) is 6.04 Å². The van der Waals surface area contributed by atoms with E-state index in [1.165, 1.54) is 23.9 Å². The smallest absolute Gasteiger partial charge is 0.269 e. The second kappa shape index (κ2) is 11.2. The normalized spacial score (nSPS) is 11.5. The zero-order chi connectivity index (χ0) is 21.2. The van der Waals surface area contributed by atoms with Crippen molar-refractivity contribution < 1.29 is 14.5 Å². The Bertz CT molecular complexity index is 828. The lowest BCUT2D eigenvalue weighted by molar-refractivity contribution is -0.384. The maximum absolute atomic E-state index is 12.9. The molecule has 1 atom stereocenters. The molecule has 2 aromatic rings. The molecule has 1 unspecified atom stereocenters. The van der Waals surface area contributed by atoms with E-state index < -0.39 is 11.0 Å². The molecule has 2 aromatic carbocycles. The van der Waals surface area contributed by atoms with Gasteiger partial charge in [0.15, 0.2) is 0 Å². The molecule has 0 saturated carbocycles.